The summed E-state index contributed by atoms with van der Waals surface area (Å²) in [7, 11) is 1.61. The minimum atomic E-state index is -0.533. The first-order valence-electron chi connectivity index (χ1n) is 7.31. The standard InChI is InChI=1S/C19H17NO3/c1-22-16-11-9-14(10-12-16)18(19(21)17-8-5-13-23-17)20-15-6-3-2-4-7-15/h2-13,18,20H,1H3. The van der Waals surface area contributed by atoms with Gasteiger partial charge in [-0.3, -0.25) is 4.79 Å². The molecule has 0 aliphatic carbocycles. The third-order valence-electron chi connectivity index (χ3n) is 3.56. The summed E-state index contributed by atoms with van der Waals surface area (Å²) in [5.74, 6) is 0.955. The second kappa shape index (κ2) is 6.83. The van der Waals surface area contributed by atoms with Gasteiger partial charge in [0.1, 0.15) is 11.8 Å². The molecule has 3 aromatic rings. The molecule has 1 heterocycles. The second-order valence-electron chi connectivity index (χ2n) is 5.06. The minimum absolute atomic E-state index is 0.121. The van der Waals surface area contributed by atoms with E-state index in [1.165, 1.54) is 6.26 Å². The fraction of sp³-hybridized carbons (Fsp3) is 0.105. The van der Waals surface area contributed by atoms with Crippen molar-refractivity contribution in [1.82, 2.24) is 0 Å². The second-order valence-corrected chi connectivity index (χ2v) is 5.06. The van der Waals surface area contributed by atoms with Crippen LogP contribution in [0.3, 0.4) is 0 Å². The number of ketones is 1. The molecule has 0 aliphatic rings. The highest BCUT2D eigenvalue weighted by Crippen LogP contribution is 2.25. The zero-order chi connectivity index (χ0) is 16.1. The van der Waals surface area contributed by atoms with Crippen LogP contribution in [0, 0.1) is 0 Å². The maximum atomic E-state index is 12.8. The number of carbonyl (C=O) groups excluding carboxylic acids is 1. The van der Waals surface area contributed by atoms with E-state index < -0.39 is 6.04 Å². The number of furan rings is 1. The summed E-state index contributed by atoms with van der Waals surface area (Å²) in [4.78, 5) is 12.8. The SMILES string of the molecule is COc1ccc(C(Nc2ccccc2)C(=O)c2ccco2)cc1. The number of carbonyl (C=O) groups is 1. The summed E-state index contributed by atoms with van der Waals surface area (Å²) in [5.41, 5.74) is 1.71. The summed E-state index contributed by atoms with van der Waals surface area (Å²) in [6, 6.07) is 19.9. The van der Waals surface area contributed by atoms with Gasteiger partial charge in [0, 0.05) is 5.69 Å². The number of nitrogens with one attached hydrogen (secondary N) is 1. The summed E-state index contributed by atoms with van der Waals surface area (Å²) < 4.78 is 10.4. The van der Waals surface area contributed by atoms with Gasteiger partial charge in [-0.1, -0.05) is 30.3 Å². The Balaban J connectivity index is 1.93. The van der Waals surface area contributed by atoms with Crippen LogP contribution in [0.4, 0.5) is 5.69 Å². The van der Waals surface area contributed by atoms with Gasteiger partial charge in [-0.2, -0.15) is 0 Å². The van der Waals surface area contributed by atoms with E-state index in [4.69, 9.17) is 9.15 Å². The molecular formula is C19H17NO3. The maximum absolute atomic E-state index is 12.8. The lowest BCUT2D eigenvalue weighted by atomic mass is 10.0. The van der Waals surface area contributed by atoms with Crippen molar-refractivity contribution in [3.8, 4) is 5.75 Å². The van der Waals surface area contributed by atoms with Crippen molar-refractivity contribution in [2.45, 2.75) is 6.04 Å². The highest BCUT2D eigenvalue weighted by molar-refractivity contribution is 6.00. The molecule has 0 spiro atoms. The number of rotatable bonds is 6. The lowest BCUT2D eigenvalue weighted by Gasteiger charge is -2.18. The number of para-hydroxylation sites is 1. The Kier molecular flexibility index (Phi) is 4.43. The van der Waals surface area contributed by atoms with Gasteiger partial charge < -0.3 is 14.5 Å². The van der Waals surface area contributed by atoms with Crippen LogP contribution >= 0.6 is 0 Å². The van der Waals surface area contributed by atoms with Crippen molar-refractivity contribution < 1.29 is 13.9 Å². The van der Waals surface area contributed by atoms with Gasteiger partial charge in [0.15, 0.2) is 5.76 Å². The van der Waals surface area contributed by atoms with Crippen molar-refractivity contribution in [3.05, 3.63) is 84.3 Å². The van der Waals surface area contributed by atoms with Crippen molar-refractivity contribution in [2.75, 3.05) is 12.4 Å². The lowest BCUT2D eigenvalue weighted by molar-refractivity contribution is 0.0942. The first-order chi connectivity index (χ1) is 11.3. The van der Waals surface area contributed by atoms with Gasteiger partial charge in [0.25, 0.3) is 0 Å². The number of benzene rings is 2. The maximum Gasteiger partial charge on any atom is 0.224 e. The van der Waals surface area contributed by atoms with Crippen molar-refractivity contribution in [1.29, 1.82) is 0 Å². The molecule has 1 atom stereocenters. The third kappa shape index (κ3) is 3.43. The predicted octanol–water partition coefficient (Wildman–Crippen LogP) is 4.32. The zero-order valence-electron chi connectivity index (χ0n) is 12.7. The molecular weight excluding hydrogens is 290 g/mol. The molecule has 0 saturated heterocycles. The van der Waals surface area contributed by atoms with Crippen LogP contribution in [0.5, 0.6) is 5.75 Å². The van der Waals surface area contributed by atoms with E-state index in [1.54, 1.807) is 19.2 Å². The number of methoxy groups -OCH3 is 1. The first-order valence-corrected chi connectivity index (χ1v) is 7.31. The fourth-order valence-corrected chi connectivity index (χ4v) is 2.36. The summed E-state index contributed by atoms with van der Waals surface area (Å²) in [5, 5.41) is 3.27. The number of Topliss-reactive ketones (excluding diaryl/α,β-unsaturated/α-hetero) is 1. The molecule has 0 aliphatic heterocycles. The molecule has 0 amide bonds. The van der Waals surface area contributed by atoms with E-state index in [9.17, 15) is 4.79 Å². The topological polar surface area (TPSA) is 51.5 Å². The fourth-order valence-electron chi connectivity index (χ4n) is 2.36. The Bertz CT molecular complexity index is 749. The van der Waals surface area contributed by atoms with Crippen molar-refractivity contribution in [2.24, 2.45) is 0 Å². The normalized spacial score (nSPS) is 11.7. The van der Waals surface area contributed by atoms with Gasteiger partial charge in [-0.15, -0.1) is 0 Å². The Morgan fingerprint density at radius 1 is 1.00 bits per heavy atom. The third-order valence-corrected chi connectivity index (χ3v) is 3.56. The zero-order valence-corrected chi connectivity index (χ0v) is 12.7. The Morgan fingerprint density at radius 3 is 2.35 bits per heavy atom. The number of hydrogen-bond acceptors (Lipinski definition) is 4. The molecule has 2 aromatic carbocycles. The van der Waals surface area contributed by atoms with E-state index in [1.807, 2.05) is 54.6 Å². The van der Waals surface area contributed by atoms with Crippen LogP contribution < -0.4 is 10.1 Å². The number of ether oxygens (including phenoxy) is 1. The smallest absolute Gasteiger partial charge is 0.224 e. The van der Waals surface area contributed by atoms with Gasteiger partial charge in [-0.25, -0.2) is 0 Å². The molecule has 23 heavy (non-hydrogen) atoms. The molecule has 0 bridgehead atoms. The quantitative estimate of drug-likeness (QED) is 0.689. The van der Waals surface area contributed by atoms with E-state index in [-0.39, 0.29) is 5.78 Å². The van der Waals surface area contributed by atoms with Gasteiger partial charge >= 0.3 is 0 Å². The lowest BCUT2D eigenvalue weighted by Crippen LogP contribution is -2.21. The Hall–Kier alpha value is -3.01. The molecule has 4 nitrogen and oxygen atoms in total. The predicted molar refractivity (Wildman–Crippen MR) is 88.8 cm³/mol. The van der Waals surface area contributed by atoms with Crippen LogP contribution in [-0.2, 0) is 0 Å². The summed E-state index contributed by atoms with van der Waals surface area (Å²) in [6.45, 7) is 0. The molecule has 4 heteroatoms. The number of anilines is 1. The van der Waals surface area contributed by atoms with Crippen LogP contribution in [-0.4, -0.2) is 12.9 Å². The molecule has 1 N–H and O–H groups in total. The van der Waals surface area contributed by atoms with E-state index in [0.717, 1.165) is 17.0 Å². The van der Waals surface area contributed by atoms with Gasteiger partial charge in [0.2, 0.25) is 5.78 Å². The highest BCUT2D eigenvalue weighted by Gasteiger charge is 2.24. The van der Waals surface area contributed by atoms with E-state index in [0.29, 0.717) is 5.76 Å². The average molecular weight is 307 g/mol. The molecule has 3 rings (SSSR count). The van der Waals surface area contributed by atoms with Crippen LogP contribution in [0.25, 0.3) is 0 Å². The van der Waals surface area contributed by atoms with E-state index in [2.05, 4.69) is 5.32 Å². The highest BCUT2D eigenvalue weighted by atomic mass is 16.5. The minimum Gasteiger partial charge on any atom is -0.497 e. The Labute approximate surface area is 134 Å². The molecule has 1 unspecified atom stereocenters. The Morgan fingerprint density at radius 2 is 1.74 bits per heavy atom. The van der Waals surface area contributed by atoms with Crippen molar-refractivity contribution >= 4 is 11.5 Å². The number of hydrogen-bond donors (Lipinski definition) is 1. The van der Waals surface area contributed by atoms with E-state index >= 15 is 0 Å². The van der Waals surface area contributed by atoms with Crippen LogP contribution in [0.15, 0.2) is 77.4 Å². The largest absolute Gasteiger partial charge is 0.497 e. The molecule has 0 radical (unpaired) electrons. The first kappa shape index (κ1) is 14.9. The van der Waals surface area contributed by atoms with Gasteiger partial charge in [-0.05, 0) is 42.0 Å². The summed E-state index contributed by atoms with van der Waals surface area (Å²) >= 11 is 0. The summed E-state index contributed by atoms with van der Waals surface area (Å²) in [6.07, 6.45) is 1.50. The molecule has 0 saturated carbocycles. The molecule has 116 valence electrons. The monoisotopic (exact) mass is 307 g/mol. The molecule has 0 fully saturated rings. The van der Waals surface area contributed by atoms with Crippen LogP contribution in [0.2, 0.25) is 0 Å². The van der Waals surface area contributed by atoms with Crippen LogP contribution in [0.1, 0.15) is 22.2 Å². The van der Waals surface area contributed by atoms with Gasteiger partial charge in [0.05, 0.1) is 13.4 Å². The average Bonchev–Trinajstić information content (AvgIpc) is 3.15. The van der Waals surface area contributed by atoms with Crippen molar-refractivity contribution in [3.63, 3.8) is 0 Å². The molecule has 1 aromatic heterocycles.